The minimum absolute atomic E-state index is 0.174. The van der Waals surface area contributed by atoms with Gasteiger partial charge in [0, 0.05) is 29.9 Å². The van der Waals surface area contributed by atoms with Crippen LogP contribution in [0.15, 0.2) is 42.5 Å². The van der Waals surface area contributed by atoms with E-state index >= 15 is 0 Å². The molecule has 2 aromatic carbocycles. The van der Waals surface area contributed by atoms with Gasteiger partial charge in [0.15, 0.2) is 0 Å². The summed E-state index contributed by atoms with van der Waals surface area (Å²) in [7, 11) is 0. The molecule has 156 valence electrons. The first-order valence-corrected chi connectivity index (χ1v) is 9.98. The maximum atomic E-state index is 12.5. The quantitative estimate of drug-likeness (QED) is 0.588. The smallest absolute Gasteiger partial charge is 0.255 e. The molecule has 0 saturated heterocycles. The van der Waals surface area contributed by atoms with E-state index in [2.05, 4.69) is 20.7 Å². The monoisotopic (exact) mass is 405 g/mol. The van der Waals surface area contributed by atoms with Crippen molar-refractivity contribution in [2.75, 3.05) is 11.9 Å². The number of nitrogens with one attached hydrogen (secondary N) is 2. The van der Waals surface area contributed by atoms with E-state index in [9.17, 15) is 9.59 Å². The summed E-state index contributed by atoms with van der Waals surface area (Å²) in [5, 5.41) is 10.1. The summed E-state index contributed by atoms with van der Waals surface area (Å²) in [5.74, 6) is 1.24. The molecule has 0 spiro atoms. The molecular weight excluding hydrogens is 378 g/mol. The zero-order valence-electron chi connectivity index (χ0n) is 17.8. The van der Waals surface area contributed by atoms with Gasteiger partial charge in [-0.3, -0.25) is 14.3 Å². The molecule has 0 fully saturated rings. The Bertz CT molecular complexity index is 1050. The zero-order chi connectivity index (χ0) is 21.7. The van der Waals surface area contributed by atoms with Gasteiger partial charge in [-0.05, 0) is 63.9 Å². The number of anilines is 1. The van der Waals surface area contributed by atoms with E-state index in [-0.39, 0.29) is 11.8 Å². The van der Waals surface area contributed by atoms with E-state index in [1.165, 1.54) is 0 Å². The molecule has 0 bridgehead atoms. The Hall–Kier alpha value is -3.48. The van der Waals surface area contributed by atoms with Crippen LogP contribution in [-0.4, -0.2) is 33.1 Å². The maximum Gasteiger partial charge on any atom is 0.255 e. The van der Waals surface area contributed by atoms with Gasteiger partial charge >= 0.3 is 0 Å². The largest absolute Gasteiger partial charge is 0.352 e. The summed E-state index contributed by atoms with van der Waals surface area (Å²) in [6, 6.07) is 12.7. The Morgan fingerprint density at radius 1 is 0.933 bits per heavy atom. The number of aryl methyl sites for hydroxylation is 5. The standard InChI is InChI=1S/C23H27N5O2/c1-15-6-9-19(10-7-15)23(30)26-21-14-20(11-8-16(21)2)22(29)24-12-5-13-28-18(4)25-17(3)27-28/h6-11,14H,5,12-13H2,1-4H3,(H,24,29)(H,26,30). The molecule has 1 aromatic heterocycles. The molecule has 0 unspecified atom stereocenters. The van der Waals surface area contributed by atoms with Crippen molar-refractivity contribution in [3.8, 4) is 0 Å². The lowest BCUT2D eigenvalue weighted by atomic mass is 10.1. The third-order valence-electron chi connectivity index (χ3n) is 4.86. The molecule has 0 saturated carbocycles. The molecule has 2 amide bonds. The summed E-state index contributed by atoms with van der Waals surface area (Å²) in [5.41, 5.74) is 3.70. The summed E-state index contributed by atoms with van der Waals surface area (Å²) < 4.78 is 1.84. The van der Waals surface area contributed by atoms with Gasteiger partial charge < -0.3 is 10.6 Å². The first kappa shape index (κ1) is 21.2. The SMILES string of the molecule is Cc1ccc(C(=O)Nc2cc(C(=O)NCCCn3nc(C)nc3C)ccc2C)cc1. The van der Waals surface area contributed by atoms with E-state index in [0.29, 0.717) is 29.9 Å². The lowest BCUT2D eigenvalue weighted by Crippen LogP contribution is -2.25. The fraction of sp³-hybridized carbons (Fsp3) is 0.304. The van der Waals surface area contributed by atoms with Crippen LogP contribution in [0.3, 0.4) is 0 Å². The molecule has 3 rings (SSSR count). The average molecular weight is 406 g/mol. The van der Waals surface area contributed by atoms with Crippen molar-refractivity contribution in [3.05, 3.63) is 76.4 Å². The number of aromatic nitrogens is 3. The Labute approximate surface area is 176 Å². The molecule has 0 atom stereocenters. The lowest BCUT2D eigenvalue weighted by molar-refractivity contribution is 0.0951. The topological polar surface area (TPSA) is 88.9 Å². The van der Waals surface area contributed by atoms with E-state index in [0.717, 1.165) is 29.2 Å². The minimum Gasteiger partial charge on any atom is -0.352 e. The van der Waals surface area contributed by atoms with Gasteiger partial charge in [0.25, 0.3) is 11.8 Å². The highest BCUT2D eigenvalue weighted by atomic mass is 16.2. The normalized spacial score (nSPS) is 10.7. The van der Waals surface area contributed by atoms with Crippen molar-refractivity contribution < 1.29 is 9.59 Å². The molecule has 7 nitrogen and oxygen atoms in total. The number of amides is 2. The van der Waals surface area contributed by atoms with Crippen molar-refractivity contribution in [1.82, 2.24) is 20.1 Å². The van der Waals surface area contributed by atoms with Crippen molar-refractivity contribution >= 4 is 17.5 Å². The van der Waals surface area contributed by atoms with Crippen LogP contribution in [0.1, 0.15) is 49.9 Å². The van der Waals surface area contributed by atoms with E-state index in [1.807, 2.05) is 50.6 Å². The second-order valence-electron chi connectivity index (χ2n) is 7.39. The molecular formula is C23H27N5O2. The number of hydrogen-bond acceptors (Lipinski definition) is 4. The van der Waals surface area contributed by atoms with Gasteiger partial charge in [-0.2, -0.15) is 5.10 Å². The predicted octanol–water partition coefficient (Wildman–Crippen LogP) is 3.58. The van der Waals surface area contributed by atoms with Crippen LogP contribution in [0.4, 0.5) is 5.69 Å². The minimum atomic E-state index is -0.200. The summed E-state index contributed by atoms with van der Waals surface area (Å²) in [4.78, 5) is 29.3. The van der Waals surface area contributed by atoms with Crippen molar-refractivity contribution in [1.29, 1.82) is 0 Å². The zero-order valence-corrected chi connectivity index (χ0v) is 17.8. The molecule has 3 aromatic rings. The fourth-order valence-corrected chi connectivity index (χ4v) is 3.10. The van der Waals surface area contributed by atoms with Crippen molar-refractivity contribution in [2.45, 2.75) is 40.7 Å². The summed E-state index contributed by atoms with van der Waals surface area (Å²) in [6.45, 7) is 8.86. The molecule has 2 N–H and O–H groups in total. The lowest BCUT2D eigenvalue weighted by Gasteiger charge is -2.11. The Kier molecular flexibility index (Phi) is 6.61. The number of benzene rings is 2. The van der Waals surface area contributed by atoms with E-state index < -0.39 is 0 Å². The van der Waals surface area contributed by atoms with Crippen molar-refractivity contribution in [2.24, 2.45) is 0 Å². The van der Waals surface area contributed by atoms with E-state index in [4.69, 9.17) is 0 Å². The fourth-order valence-electron chi connectivity index (χ4n) is 3.10. The molecule has 0 radical (unpaired) electrons. The first-order chi connectivity index (χ1) is 14.3. The van der Waals surface area contributed by atoms with Gasteiger partial charge in [-0.25, -0.2) is 4.98 Å². The van der Waals surface area contributed by atoms with Crippen LogP contribution in [0.5, 0.6) is 0 Å². The third-order valence-corrected chi connectivity index (χ3v) is 4.86. The van der Waals surface area contributed by atoms with Crippen LogP contribution in [0.2, 0.25) is 0 Å². The number of carbonyl (C=O) groups excluding carboxylic acids is 2. The van der Waals surface area contributed by atoms with Gasteiger partial charge in [-0.15, -0.1) is 0 Å². The van der Waals surface area contributed by atoms with Gasteiger partial charge in [0.2, 0.25) is 0 Å². The molecule has 0 aliphatic carbocycles. The van der Waals surface area contributed by atoms with Crippen LogP contribution in [0, 0.1) is 27.7 Å². The van der Waals surface area contributed by atoms with Crippen LogP contribution >= 0.6 is 0 Å². The van der Waals surface area contributed by atoms with Gasteiger partial charge in [0.1, 0.15) is 11.6 Å². The highest BCUT2D eigenvalue weighted by molar-refractivity contribution is 6.05. The van der Waals surface area contributed by atoms with Gasteiger partial charge in [-0.1, -0.05) is 23.8 Å². The highest BCUT2D eigenvalue weighted by Crippen LogP contribution is 2.18. The van der Waals surface area contributed by atoms with Crippen LogP contribution < -0.4 is 10.6 Å². The summed E-state index contributed by atoms with van der Waals surface area (Å²) in [6.07, 6.45) is 0.748. The van der Waals surface area contributed by atoms with Crippen LogP contribution in [-0.2, 0) is 6.54 Å². The second kappa shape index (κ2) is 9.35. The second-order valence-corrected chi connectivity index (χ2v) is 7.39. The van der Waals surface area contributed by atoms with Crippen molar-refractivity contribution in [3.63, 3.8) is 0 Å². The molecule has 0 aliphatic rings. The number of rotatable bonds is 7. The predicted molar refractivity (Wildman–Crippen MR) is 117 cm³/mol. The van der Waals surface area contributed by atoms with E-state index in [1.54, 1.807) is 24.3 Å². The Morgan fingerprint density at radius 2 is 1.63 bits per heavy atom. The first-order valence-electron chi connectivity index (χ1n) is 9.98. The maximum absolute atomic E-state index is 12.5. The number of carbonyl (C=O) groups is 2. The highest BCUT2D eigenvalue weighted by Gasteiger charge is 2.11. The Balaban J connectivity index is 1.58. The van der Waals surface area contributed by atoms with Gasteiger partial charge in [0.05, 0.1) is 0 Å². The summed E-state index contributed by atoms with van der Waals surface area (Å²) >= 11 is 0. The molecule has 1 heterocycles. The number of hydrogen-bond donors (Lipinski definition) is 2. The average Bonchev–Trinajstić information content (AvgIpc) is 3.04. The van der Waals surface area contributed by atoms with Crippen LogP contribution in [0.25, 0.3) is 0 Å². The molecule has 0 aliphatic heterocycles. The Morgan fingerprint density at radius 3 is 2.30 bits per heavy atom. The molecule has 30 heavy (non-hydrogen) atoms. The molecule has 7 heteroatoms. The number of nitrogens with zero attached hydrogens (tertiary/aromatic N) is 3. The third kappa shape index (κ3) is 5.31.